The summed E-state index contributed by atoms with van der Waals surface area (Å²) in [5, 5.41) is 13.9. The van der Waals surface area contributed by atoms with E-state index >= 15 is 0 Å². The molecule has 3 unspecified atom stereocenters. The topological polar surface area (TPSA) is 58.6 Å². The van der Waals surface area contributed by atoms with Crippen molar-refractivity contribution in [3.05, 3.63) is 0 Å². The minimum atomic E-state index is -1.43. The molecule has 0 aromatic heterocycles. The van der Waals surface area contributed by atoms with Gasteiger partial charge in [0.05, 0.1) is 7.11 Å². The summed E-state index contributed by atoms with van der Waals surface area (Å²) in [4.78, 5) is 11.3. The number of methoxy groups -OCH3 is 1. The van der Waals surface area contributed by atoms with Crippen LogP contribution in [-0.4, -0.2) is 47.9 Å². The number of nitrogens with one attached hydrogen (secondary N) is 1. The van der Waals surface area contributed by atoms with Crippen molar-refractivity contribution < 1.29 is 14.6 Å². The van der Waals surface area contributed by atoms with Crippen LogP contribution in [0.1, 0.15) is 32.6 Å². The van der Waals surface area contributed by atoms with Crippen LogP contribution in [0, 0.1) is 0 Å². The van der Waals surface area contributed by atoms with Crippen molar-refractivity contribution in [2.45, 2.75) is 49.5 Å². The first-order valence-corrected chi connectivity index (χ1v) is 7.35. The van der Waals surface area contributed by atoms with E-state index in [1.54, 1.807) is 0 Å². The predicted molar refractivity (Wildman–Crippen MR) is 70.2 cm³/mol. The summed E-state index contributed by atoms with van der Waals surface area (Å²) >= 11 is 1.90. The SMILES string of the molecule is COC(=O)C(C)(O)CNC1CCCC(SC)C1. The van der Waals surface area contributed by atoms with E-state index in [0.717, 1.165) is 12.8 Å². The molecule has 1 fully saturated rings. The van der Waals surface area contributed by atoms with Crippen molar-refractivity contribution in [2.75, 3.05) is 19.9 Å². The molecule has 1 aliphatic rings. The Hall–Kier alpha value is -0.260. The Kier molecular flexibility index (Phi) is 5.76. The van der Waals surface area contributed by atoms with Gasteiger partial charge >= 0.3 is 5.97 Å². The molecule has 0 aliphatic heterocycles. The largest absolute Gasteiger partial charge is 0.467 e. The average molecular weight is 261 g/mol. The lowest BCUT2D eigenvalue weighted by molar-refractivity contribution is -0.160. The van der Waals surface area contributed by atoms with Crippen LogP contribution in [0.15, 0.2) is 0 Å². The van der Waals surface area contributed by atoms with Crippen molar-refractivity contribution in [2.24, 2.45) is 0 Å². The lowest BCUT2D eigenvalue weighted by Crippen LogP contribution is -2.49. The first kappa shape index (κ1) is 14.8. The Morgan fingerprint density at radius 3 is 2.88 bits per heavy atom. The van der Waals surface area contributed by atoms with E-state index in [-0.39, 0.29) is 6.54 Å². The average Bonchev–Trinajstić information content (AvgIpc) is 2.35. The van der Waals surface area contributed by atoms with Gasteiger partial charge in [0, 0.05) is 17.8 Å². The fourth-order valence-corrected chi connectivity index (χ4v) is 3.01. The van der Waals surface area contributed by atoms with Gasteiger partial charge in [0.15, 0.2) is 5.60 Å². The highest BCUT2D eigenvalue weighted by molar-refractivity contribution is 7.99. The number of hydrogen-bond donors (Lipinski definition) is 2. The lowest BCUT2D eigenvalue weighted by Gasteiger charge is -2.31. The van der Waals surface area contributed by atoms with Gasteiger partial charge in [-0.3, -0.25) is 0 Å². The molecule has 0 spiro atoms. The fraction of sp³-hybridized carbons (Fsp3) is 0.917. The minimum absolute atomic E-state index is 0.255. The minimum Gasteiger partial charge on any atom is -0.467 e. The van der Waals surface area contributed by atoms with Gasteiger partial charge in [-0.05, 0) is 32.4 Å². The van der Waals surface area contributed by atoms with E-state index in [1.165, 1.54) is 26.9 Å². The summed E-state index contributed by atoms with van der Waals surface area (Å²) in [6.45, 7) is 1.74. The Labute approximate surface area is 107 Å². The van der Waals surface area contributed by atoms with Crippen LogP contribution >= 0.6 is 11.8 Å². The smallest absolute Gasteiger partial charge is 0.338 e. The fourth-order valence-electron chi connectivity index (χ4n) is 2.18. The Bertz CT molecular complexity index is 258. The normalized spacial score (nSPS) is 28.5. The molecule has 1 aliphatic carbocycles. The van der Waals surface area contributed by atoms with Gasteiger partial charge < -0.3 is 15.2 Å². The van der Waals surface area contributed by atoms with Crippen molar-refractivity contribution in [1.29, 1.82) is 0 Å². The molecule has 17 heavy (non-hydrogen) atoms. The highest BCUT2D eigenvalue weighted by Crippen LogP contribution is 2.27. The molecular formula is C12H23NO3S. The third kappa shape index (κ3) is 4.48. The van der Waals surface area contributed by atoms with Crippen LogP contribution in [-0.2, 0) is 9.53 Å². The quantitative estimate of drug-likeness (QED) is 0.728. The van der Waals surface area contributed by atoms with E-state index in [1.807, 2.05) is 11.8 Å². The van der Waals surface area contributed by atoms with Crippen LogP contribution in [0.2, 0.25) is 0 Å². The second kappa shape index (κ2) is 6.61. The summed E-state index contributed by atoms with van der Waals surface area (Å²) < 4.78 is 4.56. The number of carbonyl (C=O) groups excluding carboxylic acids is 1. The van der Waals surface area contributed by atoms with Gasteiger partial charge in [0.25, 0.3) is 0 Å². The Balaban J connectivity index is 2.37. The monoisotopic (exact) mass is 261 g/mol. The predicted octanol–water partition coefficient (Wildman–Crippen LogP) is 1.17. The maximum absolute atomic E-state index is 11.3. The molecule has 0 bridgehead atoms. The number of carbonyl (C=O) groups is 1. The van der Waals surface area contributed by atoms with Crippen molar-refractivity contribution >= 4 is 17.7 Å². The van der Waals surface area contributed by atoms with Crippen molar-refractivity contribution in [3.8, 4) is 0 Å². The van der Waals surface area contributed by atoms with E-state index < -0.39 is 11.6 Å². The van der Waals surface area contributed by atoms with E-state index in [0.29, 0.717) is 11.3 Å². The highest BCUT2D eigenvalue weighted by atomic mass is 32.2. The number of ether oxygens (including phenoxy) is 1. The summed E-state index contributed by atoms with van der Waals surface area (Å²) in [6, 6.07) is 0.400. The summed E-state index contributed by atoms with van der Waals surface area (Å²) in [6.07, 6.45) is 6.85. The van der Waals surface area contributed by atoms with Crippen molar-refractivity contribution in [3.63, 3.8) is 0 Å². The van der Waals surface area contributed by atoms with E-state index in [9.17, 15) is 9.90 Å². The van der Waals surface area contributed by atoms with Gasteiger partial charge in [0.2, 0.25) is 0 Å². The Morgan fingerprint density at radius 2 is 2.29 bits per heavy atom. The maximum Gasteiger partial charge on any atom is 0.338 e. The Morgan fingerprint density at radius 1 is 1.59 bits per heavy atom. The summed E-state index contributed by atoms with van der Waals surface area (Å²) in [5.41, 5.74) is -1.43. The first-order chi connectivity index (χ1) is 7.99. The van der Waals surface area contributed by atoms with Crippen LogP contribution in [0.25, 0.3) is 0 Å². The van der Waals surface area contributed by atoms with E-state index in [2.05, 4.69) is 16.3 Å². The van der Waals surface area contributed by atoms with Crippen LogP contribution in [0.5, 0.6) is 0 Å². The molecule has 100 valence electrons. The molecule has 3 atom stereocenters. The highest BCUT2D eigenvalue weighted by Gasteiger charge is 2.32. The lowest BCUT2D eigenvalue weighted by atomic mass is 9.94. The first-order valence-electron chi connectivity index (χ1n) is 6.06. The zero-order valence-electron chi connectivity index (χ0n) is 10.9. The van der Waals surface area contributed by atoms with Gasteiger partial charge in [-0.15, -0.1) is 0 Å². The summed E-state index contributed by atoms with van der Waals surface area (Å²) in [5.74, 6) is -0.581. The number of thioether (sulfide) groups is 1. The third-order valence-electron chi connectivity index (χ3n) is 3.32. The number of rotatable bonds is 5. The number of aliphatic hydroxyl groups is 1. The van der Waals surface area contributed by atoms with Gasteiger partial charge in [-0.1, -0.05) is 6.42 Å². The molecule has 0 aromatic carbocycles. The van der Waals surface area contributed by atoms with Crippen LogP contribution in [0.3, 0.4) is 0 Å². The molecule has 0 saturated heterocycles. The van der Waals surface area contributed by atoms with Crippen LogP contribution in [0.4, 0.5) is 0 Å². The standard InChI is InChI=1S/C12H23NO3S/c1-12(15,11(14)16-2)8-13-9-5-4-6-10(7-9)17-3/h9-10,13,15H,4-8H2,1-3H3. The second-order valence-electron chi connectivity index (χ2n) is 4.87. The molecule has 0 radical (unpaired) electrons. The molecular weight excluding hydrogens is 238 g/mol. The van der Waals surface area contributed by atoms with Gasteiger partial charge in [-0.2, -0.15) is 11.8 Å². The molecule has 0 aromatic rings. The van der Waals surface area contributed by atoms with Crippen molar-refractivity contribution in [1.82, 2.24) is 5.32 Å². The summed E-state index contributed by atoms with van der Waals surface area (Å²) in [7, 11) is 1.29. The molecule has 4 nitrogen and oxygen atoms in total. The zero-order valence-corrected chi connectivity index (χ0v) is 11.7. The van der Waals surface area contributed by atoms with E-state index in [4.69, 9.17) is 0 Å². The molecule has 0 heterocycles. The molecule has 5 heteroatoms. The zero-order chi connectivity index (χ0) is 12.9. The molecule has 1 rings (SSSR count). The third-order valence-corrected chi connectivity index (χ3v) is 4.41. The van der Waals surface area contributed by atoms with Gasteiger partial charge in [0.1, 0.15) is 0 Å². The number of hydrogen-bond acceptors (Lipinski definition) is 5. The molecule has 0 amide bonds. The van der Waals surface area contributed by atoms with Gasteiger partial charge in [-0.25, -0.2) is 4.79 Å². The second-order valence-corrected chi connectivity index (χ2v) is 6.01. The molecule has 1 saturated carbocycles. The number of esters is 1. The molecule has 2 N–H and O–H groups in total. The maximum atomic E-state index is 11.3. The van der Waals surface area contributed by atoms with Crippen LogP contribution < -0.4 is 5.32 Å².